The van der Waals surface area contributed by atoms with E-state index in [4.69, 9.17) is 10.6 Å². The van der Waals surface area contributed by atoms with Crippen molar-refractivity contribution < 1.29 is 4.74 Å². The Bertz CT molecular complexity index is 299. The minimum atomic E-state index is -0.187. The van der Waals surface area contributed by atoms with Crippen LogP contribution in [0, 0.1) is 0 Å². The van der Waals surface area contributed by atoms with Crippen molar-refractivity contribution >= 4 is 11.3 Å². The highest BCUT2D eigenvalue weighted by Gasteiger charge is 2.36. The van der Waals surface area contributed by atoms with Crippen LogP contribution in [0.4, 0.5) is 0 Å². The van der Waals surface area contributed by atoms with Gasteiger partial charge in [0.25, 0.3) is 0 Å². The molecule has 3 N–H and O–H groups in total. The molecular weight excluding hydrogens is 234 g/mol. The molecule has 0 fully saturated rings. The minimum absolute atomic E-state index is 0.123. The smallest absolute Gasteiger partial charge is 0.0846 e. The van der Waals surface area contributed by atoms with Crippen molar-refractivity contribution in [3.63, 3.8) is 0 Å². The lowest BCUT2D eigenvalue weighted by Crippen LogP contribution is -2.55. The fourth-order valence-electron chi connectivity index (χ4n) is 2.28. The van der Waals surface area contributed by atoms with E-state index in [2.05, 4.69) is 24.3 Å². The van der Waals surface area contributed by atoms with E-state index in [1.54, 1.807) is 11.3 Å². The van der Waals surface area contributed by atoms with Crippen LogP contribution in [0.15, 0.2) is 11.7 Å². The van der Waals surface area contributed by atoms with Crippen molar-refractivity contribution in [1.29, 1.82) is 0 Å². The first-order valence-corrected chi connectivity index (χ1v) is 7.07. The second-order valence-corrected chi connectivity index (χ2v) is 5.07. The topological polar surface area (TPSA) is 60.2 Å². The number of aromatic nitrogens is 1. The number of hydrogen-bond acceptors (Lipinski definition) is 5. The Balaban J connectivity index is 2.80. The van der Waals surface area contributed by atoms with Crippen LogP contribution in [-0.2, 0) is 11.2 Å². The maximum Gasteiger partial charge on any atom is 0.0846 e. The Kier molecular flexibility index (Phi) is 6.05. The van der Waals surface area contributed by atoms with Gasteiger partial charge in [-0.3, -0.25) is 16.3 Å². The number of hydrogen-bond donors (Lipinski definition) is 2. The molecule has 17 heavy (non-hydrogen) atoms. The molecule has 98 valence electrons. The molecule has 0 radical (unpaired) electrons. The SMILES string of the molecule is CCOC(CC)(CC)C(Cc1cncs1)NN. The van der Waals surface area contributed by atoms with Gasteiger partial charge in [0.2, 0.25) is 0 Å². The monoisotopic (exact) mass is 257 g/mol. The summed E-state index contributed by atoms with van der Waals surface area (Å²) in [5, 5.41) is 0. The summed E-state index contributed by atoms with van der Waals surface area (Å²) in [5.41, 5.74) is 4.59. The van der Waals surface area contributed by atoms with Crippen molar-refractivity contribution in [3.05, 3.63) is 16.6 Å². The second-order valence-electron chi connectivity index (χ2n) is 4.10. The molecule has 0 amide bonds. The van der Waals surface area contributed by atoms with Crippen LogP contribution in [-0.4, -0.2) is 23.2 Å². The van der Waals surface area contributed by atoms with E-state index >= 15 is 0 Å². The van der Waals surface area contributed by atoms with Crippen LogP contribution in [0.25, 0.3) is 0 Å². The molecular formula is C12H23N3OS. The number of hydrazine groups is 1. The third-order valence-corrected chi connectivity index (χ3v) is 4.16. The van der Waals surface area contributed by atoms with E-state index in [0.29, 0.717) is 6.61 Å². The van der Waals surface area contributed by atoms with Crippen LogP contribution in [0.1, 0.15) is 38.5 Å². The van der Waals surface area contributed by atoms with Crippen molar-refractivity contribution in [3.8, 4) is 0 Å². The van der Waals surface area contributed by atoms with Gasteiger partial charge in [-0.05, 0) is 19.8 Å². The van der Waals surface area contributed by atoms with Gasteiger partial charge in [-0.15, -0.1) is 11.3 Å². The van der Waals surface area contributed by atoms with Gasteiger partial charge < -0.3 is 4.74 Å². The molecule has 1 aromatic heterocycles. The van der Waals surface area contributed by atoms with Crippen LogP contribution < -0.4 is 11.3 Å². The molecule has 0 aliphatic carbocycles. The van der Waals surface area contributed by atoms with Gasteiger partial charge in [-0.1, -0.05) is 13.8 Å². The van der Waals surface area contributed by atoms with E-state index in [-0.39, 0.29) is 11.6 Å². The fourth-order valence-corrected chi connectivity index (χ4v) is 2.92. The molecule has 0 bridgehead atoms. The number of ether oxygens (including phenoxy) is 1. The lowest BCUT2D eigenvalue weighted by Gasteiger charge is -2.38. The van der Waals surface area contributed by atoms with Crippen LogP contribution >= 0.6 is 11.3 Å². The van der Waals surface area contributed by atoms with Crippen molar-refractivity contribution in [2.75, 3.05) is 6.61 Å². The summed E-state index contributed by atoms with van der Waals surface area (Å²) in [6.45, 7) is 7.04. The maximum atomic E-state index is 5.97. The normalized spacial score (nSPS) is 13.9. The zero-order chi connectivity index (χ0) is 12.7. The highest BCUT2D eigenvalue weighted by molar-refractivity contribution is 7.09. The van der Waals surface area contributed by atoms with E-state index in [9.17, 15) is 0 Å². The van der Waals surface area contributed by atoms with Gasteiger partial charge in [-0.2, -0.15) is 0 Å². The van der Waals surface area contributed by atoms with Gasteiger partial charge in [0.15, 0.2) is 0 Å². The zero-order valence-corrected chi connectivity index (χ0v) is 11.7. The lowest BCUT2D eigenvalue weighted by atomic mass is 9.86. The first-order valence-electron chi connectivity index (χ1n) is 6.19. The summed E-state index contributed by atoms with van der Waals surface area (Å²) in [5.74, 6) is 5.71. The largest absolute Gasteiger partial charge is 0.374 e. The van der Waals surface area contributed by atoms with E-state index < -0.39 is 0 Å². The average Bonchev–Trinajstić information content (AvgIpc) is 2.86. The molecule has 5 heteroatoms. The molecule has 0 spiro atoms. The Morgan fingerprint density at radius 1 is 1.47 bits per heavy atom. The predicted octanol–water partition coefficient (Wildman–Crippen LogP) is 2.11. The van der Waals surface area contributed by atoms with Crippen LogP contribution in [0.2, 0.25) is 0 Å². The van der Waals surface area contributed by atoms with Crippen molar-refractivity contribution in [2.24, 2.45) is 5.84 Å². The van der Waals surface area contributed by atoms with Gasteiger partial charge in [0.05, 0.1) is 17.2 Å². The van der Waals surface area contributed by atoms with Crippen LogP contribution in [0.5, 0.6) is 0 Å². The minimum Gasteiger partial charge on any atom is -0.374 e. The molecule has 1 unspecified atom stereocenters. The van der Waals surface area contributed by atoms with E-state index in [1.165, 1.54) is 4.88 Å². The van der Waals surface area contributed by atoms with Crippen LogP contribution in [0.3, 0.4) is 0 Å². The summed E-state index contributed by atoms with van der Waals surface area (Å²) in [7, 11) is 0. The maximum absolute atomic E-state index is 5.97. The summed E-state index contributed by atoms with van der Waals surface area (Å²) >= 11 is 1.66. The van der Waals surface area contributed by atoms with Gasteiger partial charge >= 0.3 is 0 Å². The predicted molar refractivity (Wildman–Crippen MR) is 71.9 cm³/mol. The van der Waals surface area contributed by atoms with Crippen molar-refractivity contribution in [1.82, 2.24) is 10.4 Å². The molecule has 4 nitrogen and oxygen atoms in total. The molecule has 1 atom stereocenters. The number of nitrogens with two attached hydrogens (primary N) is 1. The molecule has 1 aromatic rings. The van der Waals surface area contributed by atoms with Gasteiger partial charge in [0.1, 0.15) is 0 Å². The Morgan fingerprint density at radius 2 is 2.18 bits per heavy atom. The summed E-state index contributed by atoms with van der Waals surface area (Å²) < 4.78 is 5.97. The van der Waals surface area contributed by atoms with E-state index in [1.807, 2.05) is 18.6 Å². The third-order valence-electron chi connectivity index (χ3n) is 3.35. The highest BCUT2D eigenvalue weighted by atomic mass is 32.1. The highest BCUT2D eigenvalue weighted by Crippen LogP contribution is 2.27. The molecule has 0 saturated heterocycles. The number of thiazole rings is 1. The third kappa shape index (κ3) is 3.48. The zero-order valence-electron chi connectivity index (χ0n) is 10.9. The first-order chi connectivity index (χ1) is 8.22. The van der Waals surface area contributed by atoms with Gasteiger partial charge in [0, 0.05) is 24.1 Å². The standard InChI is InChI=1S/C12H23N3OS/c1-4-12(5-2,16-6-3)11(15-13)7-10-8-14-9-17-10/h8-9,11,15H,4-7,13H2,1-3H3. The van der Waals surface area contributed by atoms with Gasteiger partial charge in [-0.25, -0.2) is 0 Å². The van der Waals surface area contributed by atoms with Crippen molar-refractivity contribution in [2.45, 2.75) is 51.7 Å². The summed E-state index contributed by atoms with van der Waals surface area (Å²) in [6.07, 6.45) is 4.66. The molecule has 0 aromatic carbocycles. The molecule has 1 rings (SSSR count). The Labute approximate surface area is 108 Å². The first kappa shape index (κ1) is 14.6. The molecule has 0 aliphatic heterocycles. The molecule has 0 saturated carbocycles. The number of nitrogens with zero attached hydrogens (tertiary/aromatic N) is 1. The molecule has 1 heterocycles. The lowest BCUT2D eigenvalue weighted by molar-refractivity contribution is -0.0718. The summed E-state index contributed by atoms with van der Waals surface area (Å²) in [6, 6.07) is 0.123. The average molecular weight is 257 g/mol. The Hall–Kier alpha value is -0.490. The fraction of sp³-hybridized carbons (Fsp3) is 0.750. The Morgan fingerprint density at radius 3 is 2.59 bits per heavy atom. The number of rotatable bonds is 8. The second kappa shape index (κ2) is 7.06. The summed E-state index contributed by atoms with van der Waals surface area (Å²) in [4.78, 5) is 5.33. The molecule has 0 aliphatic rings. The number of nitrogens with one attached hydrogen (secondary N) is 1. The van der Waals surface area contributed by atoms with E-state index in [0.717, 1.165) is 19.3 Å². The quantitative estimate of drug-likeness (QED) is 0.553.